The molecule has 2 aliphatic rings. The van der Waals surface area contributed by atoms with Crippen LogP contribution in [0.4, 0.5) is 14.9 Å². The van der Waals surface area contributed by atoms with Crippen LogP contribution in [0.3, 0.4) is 0 Å². The smallest absolute Gasteiger partial charge is 0.321 e. The molecule has 1 aromatic rings. The Morgan fingerprint density at radius 1 is 1.26 bits per heavy atom. The van der Waals surface area contributed by atoms with Crippen molar-refractivity contribution in [3.05, 3.63) is 24.3 Å². The monoisotopic (exact) mass is 263 g/mol. The first-order valence-electron chi connectivity index (χ1n) is 6.83. The van der Waals surface area contributed by atoms with Crippen LogP contribution in [0.5, 0.6) is 0 Å². The minimum Gasteiger partial charge on any atom is -0.323 e. The molecule has 1 aromatic heterocycles. The Morgan fingerprint density at radius 3 is 2.68 bits per heavy atom. The number of hydrogen-bond donors (Lipinski definition) is 1. The van der Waals surface area contributed by atoms with Gasteiger partial charge in [0.1, 0.15) is 5.82 Å². The molecule has 1 saturated carbocycles. The number of nitrogens with one attached hydrogen (secondary N) is 1. The molecule has 1 aliphatic carbocycles. The fourth-order valence-corrected chi connectivity index (χ4v) is 3.21. The zero-order valence-electron chi connectivity index (χ0n) is 10.9. The van der Waals surface area contributed by atoms with E-state index in [0.717, 1.165) is 19.3 Å². The third kappa shape index (κ3) is 2.55. The molecule has 1 spiro atoms. The lowest BCUT2D eigenvalue weighted by Crippen LogP contribution is -2.60. The summed E-state index contributed by atoms with van der Waals surface area (Å²) in [7, 11) is 0. The van der Waals surface area contributed by atoms with Crippen LogP contribution in [0.15, 0.2) is 18.5 Å². The van der Waals surface area contributed by atoms with Gasteiger partial charge < -0.3 is 10.2 Å². The van der Waals surface area contributed by atoms with Gasteiger partial charge in [0.05, 0.1) is 18.1 Å². The number of carbonyl (C=O) groups excluding carboxylic acids is 1. The van der Waals surface area contributed by atoms with Gasteiger partial charge in [0.25, 0.3) is 0 Å². The summed E-state index contributed by atoms with van der Waals surface area (Å²) in [6.45, 7) is 1.67. The number of nitrogens with zero attached hydrogens (tertiary/aromatic N) is 2. The summed E-state index contributed by atoms with van der Waals surface area (Å²) in [6, 6.07) is 1.13. The number of halogens is 1. The average molecular weight is 263 g/mol. The Bertz CT molecular complexity index is 477. The Labute approximate surface area is 112 Å². The first-order chi connectivity index (χ1) is 9.17. The lowest BCUT2D eigenvalue weighted by molar-refractivity contribution is 0.00515. The zero-order valence-corrected chi connectivity index (χ0v) is 10.9. The van der Waals surface area contributed by atoms with Crippen molar-refractivity contribution in [3.63, 3.8) is 0 Å². The van der Waals surface area contributed by atoms with E-state index >= 15 is 0 Å². The SMILES string of the molecule is O=C(Nc1cncc(F)c1)N1CC2(CCCCC2)C1. The van der Waals surface area contributed by atoms with Crippen molar-refractivity contribution in [1.29, 1.82) is 0 Å². The van der Waals surface area contributed by atoms with Crippen molar-refractivity contribution >= 4 is 11.7 Å². The van der Waals surface area contributed by atoms with Gasteiger partial charge in [-0.05, 0) is 12.8 Å². The number of urea groups is 1. The lowest BCUT2D eigenvalue weighted by Gasteiger charge is -2.52. The predicted molar refractivity (Wildman–Crippen MR) is 70.3 cm³/mol. The molecule has 1 aliphatic heterocycles. The molecule has 0 unspecified atom stereocenters. The summed E-state index contributed by atoms with van der Waals surface area (Å²) in [5.74, 6) is -0.440. The fourth-order valence-electron chi connectivity index (χ4n) is 3.21. The van der Waals surface area contributed by atoms with Crippen LogP contribution in [0, 0.1) is 11.2 Å². The Morgan fingerprint density at radius 2 is 2.00 bits per heavy atom. The number of hydrogen-bond acceptors (Lipinski definition) is 2. The third-order valence-electron chi connectivity index (χ3n) is 4.21. The van der Waals surface area contributed by atoms with Crippen LogP contribution in [-0.4, -0.2) is 29.0 Å². The van der Waals surface area contributed by atoms with E-state index in [2.05, 4.69) is 10.3 Å². The number of amides is 2. The lowest BCUT2D eigenvalue weighted by atomic mass is 9.69. The summed E-state index contributed by atoms with van der Waals surface area (Å²) < 4.78 is 13.0. The summed E-state index contributed by atoms with van der Waals surface area (Å²) in [5, 5.41) is 2.69. The molecule has 3 rings (SSSR count). The van der Waals surface area contributed by atoms with Gasteiger partial charge in [0.15, 0.2) is 0 Å². The summed E-state index contributed by atoms with van der Waals surface area (Å²) in [6.07, 6.45) is 8.93. The molecule has 0 aromatic carbocycles. The average Bonchev–Trinajstić information content (AvgIpc) is 2.36. The first kappa shape index (κ1) is 12.4. The second-order valence-electron chi connectivity index (χ2n) is 5.74. The van der Waals surface area contributed by atoms with Crippen LogP contribution in [0.2, 0.25) is 0 Å². The molecule has 0 bridgehead atoms. The molecule has 19 heavy (non-hydrogen) atoms. The van der Waals surface area contributed by atoms with Crippen LogP contribution < -0.4 is 5.32 Å². The molecule has 0 atom stereocenters. The van der Waals surface area contributed by atoms with Crippen LogP contribution in [0.25, 0.3) is 0 Å². The van der Waals surface area contributed by atoms with E-state index < -0.39 is 5.82 Å². The number of pyridine rings is 1. The number of carbonyl (C=O) groups is 1. The molecular weight excluding hydrogens is 245 g/mol. The topological polar surface area (TPSA) is 45.2 Å². The van der Waals surface area contributed by atoms with Gasteiger partial charge in [-0.2, -0.15) is 0 Å². The van der Waals surface area contributed by atoms with Crippen molar-refractivity contribution in [1.82, 2.24) is 9.88 Å². The fraction of sp³-hybridized carbons (Fsp3) is 0.571. The molecule has 102 valence electrons. The zero-order chi connectivity index (χ0) is 13.3. The number of anilines is 1. The van der Waals surface area contributed by atoms with E-state index in [1.807, 2.05) is 0 Å². The van der Waals surface area contributed by atoms with E-state index in [1.165, 1.54) is 44.4 Å². The largest absolute Gasteiger partial charge is 0.323 e. The Balaban J connectivity index is 1.55. The molecule has 2 heterocycles. The van der Waals surface area contributed by atoms with Gasteiger partial charge in [0.2, 0.25) is 0 Å². The maximum absolute atomic E-state index is 13.0. The highest BCUT2D eigenvalue weighted by atomic mass is 19.1. The first-order valence-corrected chi connectivity index (χ1v) is 6.83. The second-order valence-corrected chi connectivity index (χ2v) is 5.74. The van der Waals surface area contributed by atoms with E-state index in [4.69, 9.17) is 0 Å². The summed E-state index contributed by atoms with van der Waals surface area (Å²) in [4.78, 5) is 17.5. The van der Waals surface area contributed by atoms with Crippen molar-refractivity contribution in [3.8, 4) is 0 Å². The number of rotatable bonds is 1. The molecule has 2 fully saturated rings. The summed E-state index contributed by atoms with van der Waals surface area (Å²) in [5.41, 5.74) is 0.782. The van der Waals surface area contributed by atoms with E-state index in [9.17, 15) is 9.18 Å². The minimum atomic E-state index is -0.440. The molecule has 4 nitrogen and oxygen atoms in total. The second kappa shape index (κ2) is 4.79. The van der Waals surface area contributed by atoms with Gasteiger partial charge in [-0.15, -0.1) is 0 Å². The van der Waals surface area contributed by atoms with Crippen LogP contribution in [0.1, 0.15) is 32.1 Å². The molecular formula is C14H18FN3O. The highest BCUT2D eigenvalue weighted by Gasteiger charge is 2.45. The van der Waals surface area contributed by atoms with Crippen LogP contribution >= 0.6 is 0 Å². The van der Waals surface area contributed by atoms with Crippen molar-refractivity contribution < 1.29 is 9.18 Å². The number of aromatic nitrogens is 1. The third-order valence-corrected chi connectivity index (χ3v) is 4.21. The van der Waals surface area contributed by atoms with Crippen LogP contribution in [-0.2, 0) is 0 Å². The normalized spacial score (nSPS) is 21.0. The van der Waals surface area contributed by atoms with Gasteiger partial charge in [-0.3, -0.25) is 4.98 Å². The highest BCUT2D eigenvalue weighted by molar-refractivity contribution is 5.89. The molecule has 1 saturated heterocycles. The van der Waals surface area contributed by atoms with Crippen molar-refractivity contribution in [2.24, 2.45) is 5.41 Å². The standard InChI is InChI=1S/C14H18FN3O/c15-11-6-12(8-16-7-11)17-13(19)18-9-14(10-18)4-2-1-3-5-14/h6-8H,1-5,9-10H2,(H,17,19). The maximum Gasteiger partial charge on any atom is 0.321 e. The predicted octanol–water partition coefficient (Wildman–Crippen LogP) is 3.02. The van der Waals surface area contributed by atoms with Gasteiger partial charge >= 0.3 is 6.03 Å². The highest BCUT2D eigenvalue weighted by Crippen LogP contribution is 2.43. The molecule has 5 heteroatoms. The van der Waals surface area contributed by atoms with E-state index in [1.54, 1.807) is 4.90 Å². The maximum atomic E-state index is 13.0. The van der Waals surface area contributed by atoms with Gasteiger partial charge in [-0.1, -0.05) is 19.3 Å². The Kier molecular flexibility index (Phi) is 3.12. The van der Waals surface area contributed by atoms with Gasteiger partial charge in [0, 0.05) is 24.6 Å². The number of likely N-dealkylation sites (tertiary alicyclic amines) is 1. The van der Waals surface area contributed by atoms with Crippen molar-refractivity contribution in [2.75, 3.05) is 18.4 Å². The molecule has 2 amide bonds. The Hall–Kier alpha value is -1.65. The quantitative estimate of drug-likeness (QED) is 0.846. The van der Waals surface area contributed by atoms with E-state index in [-0.39, 0.29) is 6.03 Å². The van der Waals surface area contributed by atoms with Crippen molar-refractivity contribution in [2.45, 2.75) is 32.1 Å². The van der Waals surface area contributed by atoms with Gasteiger partial charge in [-0.25, -0.2) is 9.18 Å². The molecule has 1 N–H and O–H groups in total. The van der Waals surface area contributed by atoms with E-state index in [0.29, 0.717) is 11.1 Å². The molecule has 0 radical (unpaired) electrons. The minimum absolute atomic E-state index is 0.149. The summed E-state index contributed by atoms with van der Waals surface area (Å²) >= 11 is 0.